The highest BCUT2D eigenvalue weighted by Crippen LogP contribution is 2.27. The van der Waals surface area contributed by atoms with E-state index < -0.39 is 0 Å². The van der Waals surface area contributed by atoms with E-state index in [0.717, 1.165) is 12.8 Å². The van der Waals surface area contributed by atoms with Gasteiger partial charge in [-0.05, 0) is 26.2 Å². The topological polar surface area (TPSA) is 67.2 Å². The molecule has 0 heterocycles. The van der Waals surface area contributed by atoms with Crippen LogP contribution in [0.1, 0.15) is 26.2 Å². The van der Waals surface area contributed by atoms with Crippen molar-refractivity contribution in [2.75, 3.05) is 13.1 Å². The molecule has 0 aromatic carbocycles. The second-order valence-electron chi connectivity index (χ2n) is 3.43. The lowest BCUT2D eigenvalue weighted by Crippen LogP contribution is -2.56. The maximum atomic E-state index is 11.0. The predicted molar refractivity (Wildman–Crippen MR) is 47.8 cm³/mol. The van der Waals surface area contributed by atoms with Crippen molar-refractivity contribution in [2.45, 2.75) is 31.7 Å². The van der Waals surface area contributed by atoms with E-state index in [2.05, 4.69) is 10.6 Å². The number of rotatable bonds is 3. The second kappa shape index (κ2) is 3.76. The smallest absolute Gasteiger partial charge is 0.314 e. The quantitative estimate of drug-likeness (QED) is 0.567. The Balaban J connectivity index is 2.12. The SMILES string of the molecule is CCNC(=O)NCC1(N)CCC1. The molecule has 0 aromatic rings. The molecule has 0 aromatic heterocycles. The maximum Gasteiger partial charge on any atom is 0.314 e. The molecule has 0 radical (unpaired) electrons. The lowest BCUT2D eigenvalue weighted by Gasteiger charge is -2.38. The number of hydrogen-bond donors (Lipinski definition) is 3. The Morgan fingerprint density at radius 2 is 2.17 bits per heavy atom. The van der Waals surface area contributed by atoms with Crippen LogP contribution in [-0.2, 0) is 0 Å². The molecular formula is C8H17N3O. The highest BCUT2D eigenvalue weighted by atomic mass is 16.2. The van der Waals surface area contributed by atoms with Crippen LogP contribution in [-0.4, -0.2) is 24.7 Å². The van der Waals surface area contributed by atoms with E-state index in [1.807, 2.05) is 6.92 Å². The highest BCUT2D eigenvalue weighted by molar-refractivity contribution is 5.73. The summed E-state index contributed by atoms with van der Waals surface area (Å²) >= 11 is 0. The van der Waals surface area contributed by atoms with Gasteiger partial charge in [0, 0.05) is 18.6 Å². The van der Waals surface area contributed by atoms with E-state index in [4.69, 9.17) is 5.73 Å². The van der Waals surface area contributed by atoms with Crippen LogP contribution >= 0.6 is 0 Å². The average molecular weight is 171 g/mol. The molecule has 1 rings (SSSR count). The van der Waals surface area contributed by atoms with Gasteiger partial charge in [0.2, 0.25) is 0 Å². The van der Waals surface area contributed by atoms with Crippen molar-refractivity contribution >= 4 is 6.03 Å². The van der Waals surface area contributed by atoms with Gasteiger partial charge in [-0.15, -0.1) is 0 Å². The molecule has 4 nitrogen and oxygen atoms in total. The Kier molecular flexibility index (Phi) is 2.92. The summed E-state index contributed by atoms with van der Waals surface area (Å²) in [5.41, 5.74) is 5.78. The van der Waals surface area contributed by atoms with Gasteiger partial charge in [-0.1, -0.05) is 0 Å². The standard InChI is InChI=1S/C8H17N3O/c1-2-10-7(12)11-6-8(9)4-3-5-8/h2-6,9H2,1H3,(H2,10,11,12). The first-order chi connectivity index (χ1) is 5.66. The van der Waals surface area contributed by atoms with E-state index in [1.54, 1.807) is 0 Å². The summed E-state index contributed by atoms with van der Waals surface area (Å²) in [6, 6.07) is -0.116. The van der Waals surface area contributed by atoms with Gasteiger partial charge in [0.1, 0.15) is 0 Å². The molecule has 4 heteroatoms. The fraction of sp³-hybridized carbons (Fsp3) is 0.875. The van der Waals surface area contributed by atoms with Crippen molar-refractivity contribution in [3.05, 3.63) is 0 Å². The van der Waals surface area contributed by atoms with Crippen LogP contribution in [0, 0.1) is 0 Å². The minimum absolute atomic E-state index is 0.116. The molecule has 0 bridgehead atoms. The van der Waals surface area contributed by atoms with E-state index in [-0.39, 0.29) is 11.6 Å². The zero-order chi connectivity index (χ0) is 9.03. The minimum Gasteiger partial charge on any atom is -0.338 e. The first-order valence-corrected chi connectivity index (χ1v) is 4.47. The van der Waals surface area contributed by atoms with Crippen molar-refractivity contribution in [2.24, 2.45) is 5.73 Å². The molecule has 1 saturated carbocycles. The zero-order valence-electron chi connectivity index (χ0n) is 7.52. The van der Waals surface area contributed by atoms with Crippen molar-refractivity contribution in [3.8, 4) is 0 Å². The summed E-state index contributed by atoms with van der Waals surface area (Å²) in [7, 11) is 0. The van der Waals surface area contributed by atoms with Crippen LogP contribution in [0.15, 0.2) is 0 Å². The number of hydrogen-bond acceptors (Lipinski definition) is 2. The Hall–Kier alpha value is -0.770. The van der Waals surface area contributed by atoms with Gasteiger partial charge in [0.05, 0.1) is 0 Å². The van der Waals surface area contributed by atoms with Gasteiger partial charge < -0.3 is 16.4 Å². The zero-order valence-corrected chi connectivity index (χ0v) is 7.52. The number of nitrogens with two attached hydrogens (primary N) is 1. The van der Waals surface area contributed by atoms with Gasteiger partial charge in [-0.2, -0.15) is 0 Å². The Morgan fingerprint density at radius 1 is 1.50 bits per heavy atom. The fourth-order valence-corrected chi connectivity index (χ4v) is 1.29. The molecule has 0 saturated heterocycles. The summed E-state index contributed by atoms with van der Waals surface area (Å²) in [5.74, 6) is 0. The molecule has 1 fully saturated rings. The van der Waals surface area contributed by atoms with Crippen molar-refractivity contribution in [1.29, 1.82) is 0 Å². The molecule has 0 unspecified atom stereocenters. The molecule has 0 aliphatic heterocycles. The predicted octanol–water partition coefficient (Wildman–Crippen LogP) is 0.187. The minimum atomic E-state index is -0.120. The molecule has 12 heavy (non-hydrogen) atoms. The summed E-state index contributed by atoms with van der Waals surface area (Å²) in [5, 5.41) is 5.41. The van der Waals surface area contributed by atoms with Gasteiger partial charge in [0.25, 0.3) is 0 Å². The van der Waals surface area contributed by atoms with Crippen LogP contribution in [0.3, 0.4) is 0 Å². The third-order valence-corrected chi connectivity index (χ3v) is 2.29. The second-order valence-corrected chi connectivity index (χ2v) is 3.43. The lowest BCUT2D eigenvalue weighted by molar-refractivity contribution is 0.218. The monoisotopic (exact) mass is 171 g/mol. The van der Waals surface area contributed by atoms with Crippen LogP contribution in [0.2, 0.25) is 0 Å². The Labute approximate surface area is 72.9 Å². The molecule has 70 valence electrons. The summed E-state index contributed by atoms with van der Waals surface area (Å²) in [6.07, 6.45) is 3.24. The molecule has 1 aliphatic carbocycles. The van der Waals surface area contributed by atoms with Gasteiger partial charge in [-0.3, -0.25) is 0 Å². The molecule has 4 N–H and O–H groups in total. The fourth-order valence-electron chi connectivity index (χ4n) is 1.29. The normalized spacial score (nSPS) is 19.5. The third-order valence-electron chi connectivity index (χ3n) is 2.29. The molecule has 2 amide bonds. The van der Waals surface area contributed by atoms with E-state index >= 15 is 0 Å². The van der Waals surface area contributed by atoms with Crippen LogP contribution in [0.25, 0.3) is 0 Å². The van der Waals surface area contributed by atoms with E-state index in [9.17, 15) is 4.79 Å². The molecule has 0 atom stereocenters. The van der Waals surface area contributed by atoms with E-state index in [0.29, 0.717) is 13.1 Å². The first kappa shape index (κ1) is 9.32. The van der Waals surface area contributed by atoms with Crippen molar-refractivity contribution < 1.29 is 4.79 Å². The van der Waals surface area contributed by atoms with Gasteiger partial charge >= 0.3 is 6.03 Å². The van der Waals surface area contributed by atoms with Crippen LogP contribution in [0.5, 0.6) is 0 Å². The number of amides is 2. The summed E-state index contributed by atoms with van der Waals surface area (Å²) in [6.45, 7) is 3.14. The summed E-state index contributed by atoms with van der Waals surface area (Å²) < 4.78 is 0. The Morgan fingerprint density at radius 3 is 2.58 bits per heavy atom. The summed E-state index contributed by atoms with van der Waals surface area (Å²) in [4.78, 5) is 11.0. The largest absolute Gasteiger partial charge is 0.338 e. The maximum absolute atomic E-state index is 11.0. The molecular weight excluding hydrogens is 154 g/mol. The van der Waals surface area contributed by atoms with Crippen molar-refractivity contribution in [3.63, 3.8) is 0 Å². The average Bonchev–Trinajstić information content (AvgIpc) is 1.98. The van der Waals surface area contributed by atoms with E-state index in [1.165, 1.54) is 6.42 Å². The van der Waals surface area contributed by atoms with Crippen LogP contribution in [0.4, 0.5) is 4.79 Å². The van der Waals surface area contributed by atoms with Crippen LogP contribution < -0.4 is 16.4 Å². The number of carbonyl (C=O) groups is 1. The Bertz CT molecular complexity index is 166. The lowest BCUT2D eigenvalue weighted by atomic mass is 9.78. The molecule has 1 aliphatic rings. The third kappa shape index (κ3) is 2.37. The molecule has 0 spiro atoms. The highest BCUT2D eigenvalue weighted by Gasteiger charge is 2.32. The number of carbonyl (C=O) groups excluding carboxylic acids is 1. The van der Waals surface area contributed by atoms with Gasteiger partial charge in [0.15, 0.2) is 0 Å². The number of urea groups is 1. The van der Waals surface area contributed by atoms with Gasteiger partial charge in [-0.25, -0.2) is 4.79 Å². The number of nitrogens with one attached hydrogen (secondary N) is 2. The van der Waals surface area contributed by atoms with Crippen molar-refractivity contribution in [1.82, 2.24) is 10.6 Å². The first-order valence-electron chi connectivity index (χ1n) is 4.47.